The van der Waals surface area contributed by atoms with Crippen molar-refractivity contribution in [3.05, 3.63) is 47.4 Å². The molecule has 0 spiro atoms. The van der Waals surface area contributed by atoms with Crippen LogP contribution >= 0.6 is 0 Å². The van der Waals surface area contributed by atoms with E-state index in [1.807, 2.05) is 6.07 Å². The zero-order valence-corrected chi connectivity index (χ0v) is 14.0. The molecule has 1 fully saturated rings. The van der Waals surface area contributed by atoms with Crippen molar-refractivity contribution in [2.24, 2.45) is 7.05 Å². The predicted octanol–water partition coefficient (Wildman–Crippen LogP) is 1.20. The van der Waals surface area contributed by atoms with Crippen LogP contribution in [-0.4, -0.2) is 43.6 Å². The zero-order valence-electron chi connectivity index (χ0n) is 14.0. The monoisotopic (exact) mass is 337 g/mol. The van der Waals surface area contributed by atoms with Crippen molar-refractivity contribution in [1.82, 2.24) is 24.5 Å². The first-order chi connectivity index (χ1) is 12.2. The molecule has 0 aliphatic carbocycles. The molecule has 0 bridgehead atoms. The van der Waals surface area contributed by atoms with Gasteiger partial charge in [0.15, 0.2) is 0 Å². The third-order valence-corrected chi connectivity index (χ3v) is 4.57. The molecule has 0 radical (unpaired) electrons. The molecule has 0 atom stereocenters. The van der Waals surface area contributed by atoms with Crippen LogP contribution in [0.25, 0.3) is 10.9 Å². The number of rotatable bonds is 3. The lowest BCUT2D eigenvalue weighted by Gasteiger charge is -2.34. The van der Waals surface area contributed by atoms with Gasteiger partial charge in [0.1, 0.15) is 12.1 Å². The topological polar surface area (TPSA) is 88.8 Å². The lowest BCUT2D eigenvalue weighted by atomic mass is 10.1. The maximum atomic E-state index is 12.5. The van der Waals surface area contributed by atoms with Gasteiger partial charge in [-0.1, -0.05) is 0 Å². The minimum absolute atomic E-state index is 0.0383. The van der Waals surface area contributed by atoms with Gasteiger partial charge in [0.25, 0.3) is 5.56 Å². The number of pyridine rings is 1. The van der Waals surface area contributed by atoms with Gasteiger partial charge in [0.05, 0.1) is 17.1 Å². The van der Waals surface area contributed by atoms with Crippen molar-refractivity contribution >= 4 is 22.7 Å². The predicted molar refractivity (Wildman–Crippen MR) is 95.7 cm³/mol. The Balaban J connectivity index is 1.52. The SMILES string of the molecule is Cn1c(N2CCC(Nc3ccncn3)CC2)nc2cnccc2c1=O. The maximum absolute atomic E-state index is 12.5. The Morgan fingerprint density at radius 1 is 1.16 bits per heavy atom. The highest BCUT2D eigenvalue weighted by atomic mass is 16.1. The molecule has 4 heterocycles. The molecule has 1 aliphatic heterocycles. The van der Waals surface area contributed by atoms with Gasteiger partial charge in [0, 0.05) is 38.6 Å². The molecule has 8 nitrogen and oxygen atoms in total. The Morgan fingerprint density at radius 3 is 2.72 bits per heavy atom. The molecule has 128 valence electrons. The Bertz CT molecular complexity index is 933. The van der Waals surface area contributed by atoms with E-state index < -0.39 is 0 Å². The Hall–Kier alpha value is -3.03. The van der Waals surface area contributed by atoms with E-state index in [2.05, 4.69) is 30.2 Å². The summed E-state index contributed by atoms with van der Waals surface area (Å²) < 4.78 is 1.63. The summed E-state index contributed by atoms with van der Waals surface area (Å²) in [5.41, 5.74) is 0.602. The number of hydrogen-bond donors (Lipinski definition) is 1. The van der Waals surface area contributed by atoms with Gasteiger partial charge in [-0.25, -0.2) is 15.0 Å². The summed E-state index contributed by atoms with van der Waals surface area (Å²) in [5, 5.41) is 4.03. The first-order valence-electron chi connectivity index (χ1n) is 8.30. The third-order valence-electron chi connectivity index (χ3n) is 4.57. The average molecular weight is 337 g/mol. The van der Waals surface area contributed by atoms with Crippen LogP contribution in [0.5, 0.6) is 0 Å². The van der Waals surface area contributed by atoms with Gasteiger partial charge in [-0.05, 0) is 25.0 Å². The lowest BCUT2D eigenvalue weighted by molar-refractivity contribution is 0.512. The smallest absolute Gasteiger partial charge is 0.262 e. The molecule has 3 aromatic heterocycles. The normalized spacial score (nSPS) is 15.5. The number of nitrogens with one attached hydrogen (secondary N) is 1. The molecule has 0 saturated carbocycles. The molecule has 3 aromatic rings. The Morgan fingerprint density at radius 2 is 1.96 bits per heavy atom. The minimum Gasteiger partial charge on any atom is -0.367 e. The molecule has 1 aliphatic rings. The van der Waals surface area contributed by atoms with Gasteiger partial charge in [-0.2, -0.15) is 0 Å². The summed E-state index contributed by atoms with van der Waals surface area (Å²) >= 11 is 0. The number of aromatic nitrogens is 5. The van der Waals surface area contributed by atoms with E-state index >= 15 is 0 Å². The summed E-state index contributed by atoms with van der Waals surface area (Å²) in [6.45, 7) is 1.66. The molecular weight excluding hydrogens is 318 g/mol. The van der Waals surface area contributed by atoms with Crippen LogP contribution < -0.4 is 15.8 Å². The van der Waals surface area contributed by atoms with Crippen molar-refractivity contribution in [2.45, 2.75) is 18.9 Å². The highest BCUT2D eigenvalue weighted by Crippen LogP contribution is 2.20. The first kappa shape index (κ1) is 15.5. The van der Waals surface area contributed by atoms with Gasteiger partial charge in [-0.3, -0.25) is 14.3 Å². The van der Waals surface area contributed by atoms with E-state index in [1.165, 1.54) is 0 Å². The molecule has 1 N–H and O–H groups in total. The van der Waals surface area contributed by atoms with Crippen LogP contribution in [0, 0.1) is 0 Å². The van der Waals surface area contributed by atoms with Crippen molar-refractivity contribution in [1.29, 1.82) is 0 Å². The Labute approximate surface area is 144 Å². The van der Waals surface area contributed by atoms with Crippen molar-refractivity contribution in [2.75, 3.05) is 23.3 Å². The van der Waals surface area contributed by atoms with E-state index in [0.29, 0.717) is 22.9 Å². The Kier molecular flexibility index (Phi) is 4.01. The second-order valence-electron chi connectivity index (χ2n) is 6.17. The first-order valence-corrected chi connectivity index (χ1v) is 8.30. The van der Waals surface area contributed by atoms with E-state index in [1.54, 1.807) is 42.6 Å². The average Bonchev–Trinajstić information content (AvgIpc) is 2.66. The van der Waals surface area contributed by atoms with Crippen LogP contribution in [0.1, 0.15) is 12.8 Å². The fraction of sp³-hybridized carbons (Fsp3) is 0.353. The number of piperidine rings is 1. The molecular formula is C17H19N7O. The maximum Gasteiger partial charge on any atom is 0.262 e. The van der Waals surface area contributed by atoms with Crippen molar-refractivity contribution < 1.29 is 0 Å². The van der Waals surface area contributed by atoms with E-state index in [0.717, 1.165) is 31.7 Å². The highest BCUT2D eigenvalue weighted by Gasteiger charge is 2.22. The fourth-order valence-corrected chi connectivity index (χ4v) is 3.20. The highest BCUT2D eigenvalue weighted by molar-refractivity contribution is 5.77. The van der Waals surface area contributed by atoms with Gasteiger partial charge < -0.3 is 10.2 Å². The molecule has 0 unspecified atom stereocenters. The quantitative estimate of drug-likeness (QED) is 0.768. The number of nitrogens with zero attached hydrogens (tertiary/aromatic N) is 6. The molecule has 0 amide bonds. The van der Waals surface area contributed by atoms with Crippen LogP contribution in [0.15, 0.2) is 41.8 Å². The van der Waals surface area contributed by atoms with Gasteiger partial charge in [-0.15, -0.1) is 0 Å². The van der Waals surface area contributed by atoms with Crippen LogP contribution in [0.4, 0.5) is 11.8 Å². The zero-order chi connectivity index (χ0) is 17.2. The van der Waals surface area contributed by atoms with Crippen molar-refractivity contribution in [3.8, 4) is 0 Å². The summed E-state index contributed by atoms with van der Waals surface area (Å²) in [7, 11) is 1.77. The second-order valence-corrected chi connectivity index (χ2v) is 6.17. The van der Waals surface area contributed by atoms with E-state index in [9.17, 15) is 4.79 Å². The largest absolute Gasteiger partial charge is 0.367 e. The van der Waals surface area contributed by atoms with Crippen LogP contribution in [0.2, 0.25) is 0 Å². The second kappa shape index (κ2) is 6.46. The molecule has 0 aromatic carbocycles. The minimum atomic E-state index is -0.0383. The molecule has 1 saturated heterocycles. The van der Waals surface area contributed by atoms with E-state index in [-0.39, 0.29) is 5.56 Å². The fourth-order valence-electron chi connectivity index (χ4n) is 3.20. The summed E-state index contributed by atoms with van der Waals surface area (Å²) in [6, 6.07) is 3.94. The molecule has 8 heteroatoms. The van der Waals surface area contributed by atoms with Gasteiger partial charge >= 0.3 is 0 Å². The summed E-state index contributed by atoms with van der Waals surface area (Å²) in [5.74, 6) is 1.54. The number of anilines is 2. The van der Waals surface area contributed by atoms with E-state index in [4.69, 9.17) is 0 Å². The number of hydrogen-bond acceptors (Lipinski definition) is 7. The third kappa shape index (κ3) is 3.02. The van der Waals surface area contributed by atoms with Crippen LogP contribution in [0.3, 0.4) is 0 Å². The molecule has 25 heavy (non-hydrogen) atoms. The standard InChI is InChI=1S/C17H19N7O/c1-23-16(25)13-2-6-18-10-14(13)22-17(23)24-8-4-12(5-9-24)21-15-3-7-19-11-20-15/h2-3,6-7,10-12H,4-5,8-9H2,1H3,(H,19,20,21). The van der Waals surface area contributed by atoms with Crippen LogP contribution in [-0.2, 0) is 7.05 Å². The lowest BCUT2D eigenvalue weighted by Crippen LogP contribution is -2.42. The van der Waals surface area contributed by atoms with Crippen molar-refractivity contribution in [3.63, 3.8) is 0 Å². The summed E-state index contributed by atoms with van der Waals surface area (Å²) in [6.07, 6.45) is 8.43. The number of fused-ring (bicyclic) bond motifs is 1. The van der Waals surface area contributed by atoms with Gasteiger partial charge in [0.2, 0.25) is 5.95 Å². The molecule has 4 rings (SSSR count). The summed E-state index contributed by atoms with van der Waals surface area (Å²) in [4.78, 5) is 31.6.